The fourth-order valence-electron chi connectivity index (χ4n) is 3.03. The summed E-state index contributed by atoms with van der Waals surface area (Å²) in [5.74, 6) is 0.431. The maximum atomic E-state index is 12.1. The van der Waals surface area contributed by atoms with Crippen LogP contribution >= 0.6 is 0 Å². The van der Waals surface area contributed by atoms with Gasteiger partial charge in [0.1, 0.15) is 6.79 Å². The van der Waals surface area contributed by atoms with Crippen LogP contribution in [-0.2, 0) is 14.3 Å². The molecule has 3 heteroatoms. The second-order valence-electron chi connectivity index (χ2n) is 4.99. The van der Waals surface area contributed by atoms with Gasteiger partial charge in [-0.1, -0.05) is 25.8 Å². The number of unbranched alkanes of at least 4 members (excludes halogenated alkanes) is 2. The molecule has 2 bridgehead atoms. The van der Waals surface area contributed by atoms with Crippen LogP contribution in [0.15, 0.2) is 11.6 Å². The molecule has 3 aliphatic carbocycles. The number of ketones is 1. The summed E-state index contributed by atoms with van der Waals surface area (Å²) in [6.07, 6.45) is 8.61. The predicted octanol–water partition coefficient (Wildman–Crippen LogP) is 2.85. The molecule has 3 rings (SSSR count). The highest BCUT2D eigenvalue weighted by molar-refractivity contribution is 6.04. The molecule has 0 spiro atoms. The number of methoxy groups -OCH3 is 1. The van der Waals surface area contributed by atoms with Crippen molar-refractivity contribution in [2.24, 2.45) is 5.92 Å². The maximum absolute atomic E-state index is 12.1. The van der Waals surface area contributed by atoms with E-state index in [9.17, 15) is 4.79 Å². The van der Waals surface area contributed by atoms with Gasteiger partial charge < -0.3 is 9.47 Å². The Morgan fingerprint density at radius 2 is 2.35 bits per heavy atom. The van der Waals surface area contributed by atoms with Crippen molar-refractivity contribution in [3.63, 3.8) is 0 Å². The van der Waals surface area contributed by atoms with Gasteiger partial charge in [-0.2, -0.15) is 0 Å². The summed E-state index contributed by atoms with van der Waals surface area (Å²) < 4.78 is 10.7. The van der Waals surface area contributed by atoms with Gasteiger partial charge in [0.05, 0.1) is 0 Å². The average molecular weight is 238 g/mol. The van der Waals surface area contributed by atoms with Gasteiger partial charge >= 0.3 is 0 Å². The lowest BCUT2D eigenvalue weighted by molar-refractivity contribution is -0.181. The molecule has 3 fully saturated rings. The summed E-state index contributed by atoms with van der Waals surface area (Å²) in [5.41, 5.74) is 0.631. The van der Waals surface area contributed by atoms with Gasteiger partial charge in [0.2, 0.25) is 0 Å². The number of hydrogen-bond acceptors (Lipinski definition) is 3. The quantitative estimate of drug-likeness (QED) is 0.405. The molecule has 3 saturated carbocycles. The molecule has 0 N–H and O–H groups in total. The second-order valence-corrected chi connectivity index (χ2v) is 4.99. The molecule has 0 aromatic rings. The first-order valence-corrected chi connectivity index (χ1v) is 6.64. The van der Waals surface area contributed by atoms with E-state index in [1.807, 2.05) is 0 Å². The smallest absolute Gasteiger partial charge is 0.176 e. The van der Waals surface area contributed by atoms with E-state index in [0.29, 0.717) is 0 Å². The zero-order valence-electron chi connectivity index (χ0n) is 10.8. The number of allylic oxidation sites excluding steroid dienone is 1. The van der Waals surface area contributed by atoms with E-state index in [1.54, 1.807) is 7.11 Å². The Hall–Kier alpha value is -0.670. The van der Waals surface area contributed by atoms with E-state index in [-0.39, 0.29) is 18.5 Å². The van der Waals surface area contributed by atoms with E-state index in [1.165, 1.54) is 18.4 Å². The summed E-state index contributed by atoms with van der Waals surface area (Å²) >= 11 is 0. The van der Waals surface area contributed by atoms with Crippen LogP contribution in [0.4, 0.5) is 0 Å². The van der Waals surface area contributed by atoms with Gasteiger partial charge in [-0.05, 0) is 31.3 Å². The monoisotopic (exact) mass is 238 g/mol. The van der Waals surface area contributed by atoms with E-state index in [0.717, 1.165) is 25.7 Å². The summed E-state index contributed by atoms with van der Waals surface area (Å²) in [7, 11) is 1.60. The third-order valence-corrected chi connectivity index (χ3v) is 3.92. The van der Waals surface area contributed by atoms with Crippen LogP contribution in [0.1, 0.15) is 45.4 Å². The van der Waals surface area contributed by atoms with Crippen molar-refractivity contribution in [3.8, 4) is 0 Å². The summed E-state index contributed by atoms with van der Waals surface area (Å²) in [6.45, 7) is 2.39. The molecule has 17 heavy (non-hydrogen) atoms. The normalized spacial score (nSPS) is 33.9. The highest BCUT2D eigenvalue weighted by atomic mass is 16.7. The van der Waals surface area contributed by atoms with Gasteiger partial charge in [-0.15, -0.1) is 0 Å². The predicted molar refractivity (Wildman–Crippen MR) is 65.6 cm³/mol. The number of carbonyl (C=O) groups excluding carboxylic acids is 1. The highest BCUT2D eigenvalue weighted by Gasteiger charge is 2.60. The zero-order chi connectivity index (χ0) is 12.3. The fourth-order valence-corrected chi connectivity index (χ4v) is 3.03. The first-order valence-electron chi connectivity index (χ1n) is 6.64. The van der Waals surface area contributed by atoms with Crippen LogP contribution in [0.5, 0.6) is 0 Å². The SMILES string of the molecule is CCCCC=C1[C@H]2CCC[C@]1(OCOC)C2=O. The lowest BCUT2D eigenvalue weighted by Crippen LogP contribution is -2.62. The van der Waals surface area contributed by atoms with E-state index >= 15 is 0 Å². The molecule has 0 aromatic heterocycles. The third-order valence-electron chi connectivity index (χ3n) is 3.92. The summed E-state index contributed by atoms with van der Waals surface area (Å²) in [4.78, 5) is 12.1. The van der Waals surface area contributed by atoms with E-state index in [4.69, 9.17) is 9.47 Å². The number of fused-ring (bicyclic) bond motifs is 2. The Bertz CT molecular complexity index is 321. The Labute approximate surface area is 103 Å². The molecule has 0 heterocycles. The van der Waals surface area contributed by atoms with E-state index in [2.05, 4.69) is 13.0 Å². The largest absolute Gasteiger partial charge is 0.359 e. The third kappa shape index (κ3) is 2.06. The molecule has 0 unspecified atom stereocenters. The van der Waals surface area contributed by atoms with Crippen molar-refractivity contribution in [3.05, 3.63) is 11.6 Å². The second kappa shape index (κ2) is 5.32. The Kier molecular flexibility index (Phi) is 4.00. The molecule has 3 nitrogen and oxygen atoms in total. The standard InChI is InChI=1S/C14H22O3/c1-3-4-5-8-12-11-7-6-9-14(12,13(11)15)17-10-16-2/h8,11H,3-7,9-10H2,1-2H3/t11-,14-/m1/s1. The molecular weight excluding hydrogens is 216 g/mol. The van der Waals surface area contributed by atoms with Crippen molar-refractivity contribution in [1.29, 1.82) is 0 Å². The summed E-state index contributed by atoms with van der Waals surface area (Å²) in [6, 6.07) is 0. The lowest BCUT2D eigenvalue weighted by Gasteiger charge is -2.52. The number of carbonyl (C=O) groups is 1. The molecular formula is C14H22O3. The van der Waals surface area contributed by atoms with Crippen molar-refractivity contribution < 1.29 is 14.3 Å². The molecule has 0 aromatic carbocycles. The Morgan fingerprint density at radius 3 is 3.00 bits per heavy atom. The van der Waals surface area contributed by atoms with Gasteiger partial charge in [0.15, 0.2) is 11.4 Å². The number of rotatable bonds is 6. The highest BCUT2D eigenvalue weighted by Crippen LogP contribution is 2.52. The van der Waals surface area contributed by atoms with Crippen molar-refractivity contribution >= 4 is 5.78 Å². The minimum Gasteiger partial charge on any atom is -0.359 e. The van der Waals surface area contributed by atoms with Crippen LogP contribution in [0.3, 0.4) is 0 Å². The summed E-state index contributed by atoms with van der Waals surface area (Å²) in [5, 5.41) is 0. The molecule has 0 saturated heterocycles. The fraction of sp³-hybridized carbons (Fsp3) is 0.786. The van der Waals surface area contributed by atoms with Crippen molar-refractivity contribution in [2.45, 2.75) is 51.0 Å². The topological polar surface area (TPSA) is 35.5 Å². The maximum Gasteiger partial charge on any atom is 0.176 e. The van der Waals surface area contributed by atoms with Crippen LogP contribution < -0.4 is 0 Å². The Morgan fingerprint density at radius 1 is 1.53 bits per heavy atom. The molecule has 2 atom stereocenters. The first kappa shape index (κ1) is 12.8. The zero-order valence-corrected chi connectivity index (χ0v) is 10.8. The molecule has 0 amide bonds. The Balaban J connectivity index is 2.08. The number of hydrogen-bond donors (Lipinski definition) is 0. The minimum absolute atomic E-state index is 0.150. The van der Waals surface area contributed by atoms with Gasteiger partial charge in [-0.25, -0.2) is 0 Å². The van der Waals surface area contributed by atoms with Crippen molar-refractivity contribution in [2.75, 3.05) is 13.9 Å². The van der Waals surface area contributed by atoms with Crippen LogP contribution in [0.2, 0.25) is 0 Å². The van der Waals surface area contributed by atoms with Gasteiger partial charge in [0, 0.05) is 13.0 Å². The molecule has 3 aliphatic rings. The van der Waals surface area contributed by atoms with Crippen LogP contribution in [0.25, 0.3) is 0 Å². The van der Waals surface area contributed by atoms with Crippen LogP contribution in [-0.4, -0.2) is 25.3 Å². The minimum atomic E-state index is -0.604. The number of Topliss-reactive ketones (excluding diaryl/α,β-unsaturated/α-hetero) is 1. The van der Waals surface area contributed by atoms with Crippen molar-refractivity contribution in [1.82, 2.24) is 0 Å². The molecule has 0 aliphatic heterocycles. The van der Waals surface area contributed by atoms with Gasteiger partial charge in [-0.3, -0.25) is 4.79 Å². The van der Waals surface area contributed by atoms with Gasteiger partial charge in [0.25, 0.3) is 0 Å². The number of ether oxygens (including phenoxy) is 2. The molecule has 96 valence electrons. The van der Waals surface area contributed by atoms with Crippen LogP contribution in [0, 0.1) is 5.92 Å². The van der Waals surface area contributed by atoms with E-state index < -0.39 is 5.60 Å². The average Bonchev–Trinajstić information content (AvgIpc) is 2.37. The first-order chi connectivity index (χ1) is 8.26. The lowest BCUT2D eigenvalue weighted by atomic mass is 9.56. The molecule has 0 radical (unpaired) electrons.